The van der Waals surface area contributed by atoms with E-state index in [4.69, 9.17) is 9.84 Å². The maximum absolute atomic E-state index is 10.6. The van der Waals surface area contributed by atoms with Crippen LogP contribution in [0, 0.1) is 0 Å². The van der Waals surface area contributed by atoms with Gasteiger partial charge in [0.1, 0.15) is 6.10 Å². The molecule has 0 radical (unpaired) electrons. The van der Waals surface area contributed by atoms with Gasteiger partial charge in [-0.05, 0) is 31.2 Å². The van der Waals surface area contributed by atoms with Crippen LogP contribution >= 0.6 is 0 Å². The van der Waals surface area contributed by atoms with Gasteiger partial charge in [-0.2, -0.15) is 0 Å². The van der Waals surface area contributed by atoms with Gasteiger partial charge >= 0.3 is 6.16 Å². The fourth-order valence-corrected chi connectivity index (χ4v) is 2.02. The third kappa shape index (κ3) is 6.28. The largest absolute Gasteiger partial charge is 0.506 e. The smallest absolute Gasteiger partial charge is 0.450 e. The molecule has 1 atom stereocenters. The minimum Gasteiger partial charge on any atom is -0.450 e. The van der Waals surface area contributed by atoms with Crippen LogP contribution in [-0.4, -0.2) is 17.4 Å². The van der Waals surface area contributed by atoms with Gasteiger partial charge in [0.25, 0.3) is 0 Å². The lowest BCUT2D eigenvalue weighted by Crippen LogP contribution is -2.17. The van der Waals surface area contributed by atoms with E-state index in [-0.39, 0.29) is 6.10 Å². The minimum atomic E-state index is -1.16. The molecule has 3 nitrogen and oxygen atoms in total. The first kappa shape index (κ1) is 14.6. The fourth-order valence-electron chi connectivity index (χ4n) is 2.02. The molecule has 1 unspecified atom stereocenters. The molecular weight excluding hydrogens is 228 g/mol. The second-order valence-electron chi connectivity index (χ2n) is 4.53. The monoisotopic (exact) mass is 250 g/mol. The molecule has 3 heteroatoms. The van der Waals surface area contributed by atoms with Crippen molar-refractivity contribution >= 4 is 6.16 Å². The number of ether oxygens (including phenoxy) is 1. The van der Waals surface area contributed by atoms with Crippen LogP contribution in [0.25, 0.3) is 0 Å². The zero-order chi connectivity index (χ0) is 13.2. The topological polar surface area (TPSA) is 46.5 Å². The van der Waals surface area contributed by atoms with Crippen molar-refractivity contribution in [3.63, 3.8) is 0 Å². The van der Waals surface area contributed by atoms with Crippen LogP contribution in [-0.2, 0) is 11.2 Å². The molecule has 0 saturated carbocycles. The molecule has 0 spiro atoms. The van der Waals surface area contributed by atoms with Crippen LogP contribution in [0.1, 0.15) is 44.6 Å². The van der Waals surface area contributed by atoms with Crippen molar-refractivity contribution in [1.29, 1.82) is 0 Å². The molecule has 0 aliphatic carbocycles. The Balaban J connectivity index is 2.30. The third-order valence-electron chi connectivity index (χ3n) is 2.98. The van der Waals surface area contributed by atoms with E-state index in [0.29, 0.717) is 0 Å². The number of unbranched alkanes of at least 4 members (excludes halogenated alkanes) is 1. The Morgan fingerprint density at radius 3 is 2.50 bits per heavy atom. The summed E-state index contributed by atoms with van der Waals surface area (Å²) >= 11 is 0. The van der Waals surface area contributed by atoms with Crippen LogP contribution in [0.4, 0.5) is 4.79 Å². The van der Waals surface area contributed by atoms with Gasteiger partial charge < -0.3 is 9.84 Å². The first-order valence-corrected chi connectivity index (χ1v) is 6.66. The molecule has 0 fully saturated rings. The van der Waals surface area contributed by atoms with Gasteiger partial charge in [-0.1, -0.05) is 50.1 Å². The van der Waals surface area contributed by atoms with Crippen LogP contribution in [0.15, 0.2) is 30.3 Å². The SMILES string of the molecule is CCCCC(CCCc1ccccc1)OC(=O)O. The van der Waals surface area contributed by atoms with Gasteiger partial charge in [0, 0.05) is 0 Å². The zero-order valence-corrected chi connectivity index (χ0v) is 11.0. The van der Waals surface area contributed by atoms with E-state index in [0.717, 1.165) is 38.5 Å². The van der Waals surface area contributed by atoms with Gasteiger partial charge in [-0.15, -0.1) is 0 Å². The maximum Gasteiger partial charge on any atom is 0.506 e. The molecule has 0 amide bonds. The number of hydrogen-bond acceptors (Lipinski definition) is 2. The quantitative estimate of drug-likeness (QED) is 0.701. The highest BCUT2D eigenvalue weighted by Gasteiger charge is 2.12. The Labute approximate surface area is 109 Å². The average molecular weight is 250 g/mol. The Hall–Kier alpha value is -1.51. The van der Waals surface area contributed by atoms with Gasteiger partial charge in [-0.3, -0.25) is 0 Å². The highest BCUT2D eigenvalue weighted by atomic mass is 16.7. The van der Waals surface area contributed by atoms with Crippen LogP contribution in [0.3, 0.4) is 0 Å². The van der Waals surface area contributed by atoms with Crippen molar-refractivity contribution in [1.82, 2.24) is 0 Å². The Bertz CT molecular complexity index is 335. The summed E-state index contributed by atoms with van der Waals surface area (Å²) in [5.41, 5.74) is 1.29. The van der Waals surface area contributed by atoms with Crippen molar-refractivity contribution in [2.24, 2.45) is 0 Å². The molecule has 0 bridgehead atoms. The van der Waals surface area contributed by atoms with Crippen LogP contribution in [0.2, 0.25) is 0 Å². The van der Waals surface area contributed by atoms with Crippen molar-refractivity contribution < 1.29 is 14.6 Å². The average Bonchev–Trinajstić information content (AvgIpc) is 2.36. The maximum atomic E-state index is 10.6. The molecule has 0 saturated heterocycles. The second kappa shape index (κ2) is 8.56. The predicted octanol–water partition coefficient (Wildman–Crippen LogP) is 4.26. The normalized spacial score (nSPS) is 12.1. The number of benzene rings is 1. The molecule has 1 N–H and O–H groups in total. The van der Waals surface area contributed by atoms with E-state index >= 15 is 0 Å². The summed E-state index contributed by atoms with van der Waals surface area (Å²) in [4.78, 5) is 10.6. The third-order valence-corrected chi connectivity index (χ3v) is 2.98. The second-order valence-corrected chi connectivity index (χ2v) is 4.53. The standard InChI is InChI=1S/C15H22O3/c1-2-3-11-14(18-15(16)17)12-7-10-13-8-5-4-6-9-13/h4-6,8-9,14H,2-3,7,10-12H2,1H3,(H,16,17). The lowest BCUT2D eigenvalue weighted by atomic mass is 10.0. The summed E-state index contributed by atoms with van der Waals surface area (Å²) in [6.07, 6.45) is 4.36. The van der Waals surface area contributed by atoms with E-state index in [1.165, 1.54) is 5.56 Å². The van der Waals surface area contributed by atoms with E-state index in [2.05, 4.69) is 19.1 Å². The van der Waals surface area contributed by atoms with Crippen molar-refractivity contribution in [2.75, 3.05) is 0 Å². The minimum absolute atomic E-state index is 0.147. The van der Waals surface area contributed by atoms with Crippen LogP contribution < -0.4 is 0 Å². The molecule has 0 aliphatic rings. The highest BCUT2D eigenvalue weighted by molar-refractivity contribution is 5.57. The fraction of sp³-hybridized carbons (Fsp3) is 0.533. The first-order valence-electron chi connectivity index (χ1n) is 6.66. The molecule has 1 rings (SSSR count). The Morgan fingerprint density at radius 1 is 1.22 bits per heavy atom. The summed E-state index contributed by atoms with van der Waals surface area (Å²) in [5.74, 6) is 0. The number of aryl methyl sites for hydroxylation is 1. The summed E-state index contributed by atoms with van der Waals surface area (Å²) in [6, 6.07) is 10.2. The van der Waals surface area contributed by atoms with Crippen molar-refractivity contribution in [2.45, 2.75) is 51.6 Å². The molecule has 0 aromatic heterocycles. The van der Waals surface area contributed by atoms with E-state index < -0.39 is 6.16 Å². The highest BCUT2D eigenvalue weighted by Crippen LogP contribution is 2.14. The van der Waals surface area contributed by atoms with Gasteiger partial charge in [0.05, 0.1) is 0 Å². The van der Waals surface area contributed by atoms with Crippen molar-refractivity contribution in [3.05, 3.63) is 35.9 Å². The zero-order valence-electron chi connectivity index (χ0n) is 11.0. The lowest BCUT2D eigenvalue weighted by Gasteiger charge is -2.15. The lowest BCUT2D eigenvalue weighted by molar-refractivity contribution is 0.0428. The molecule has 1 aromatic carbocycles. The molecule has 18 heavy (non-hydrogen) atoms. The summed E-state index contributed by atoms with van der Waals surface area (Å²) < 4.78 is 4.91. The van der Waals surface area contributed by atoms with Crippen LogP contribution in [0.5, 0.6) is 0 Å². The molecule has 1 aromatic rings. The number of carbonyl (C=O) groups is 1. The first-order chi connectivity index (χ1) is 8.72. The van der Waals surface area contributed by atoms with Crippen molar-refractivity contribution in [3.8, 4) is 0 Å². The van der Waals surface area contributed by atoms with Gasteiger partial charge in [-0.25, -0.2) is 4.79 Å². The Morgan fingerprint density at radius 2 is 1.89 bits per heavy atom. The van der Waals surface area contributed by atoms with Gasteiger partial charge in [0.2, 0.25) is 0 Å². The molecule has 0 aliphatic heterocycles. The van der Waals surface area contributed by atoms with E-state index in [9.17, 15) is 4.79 Å². The summed E-state index contributed by atoms with van der Waals surface area (Å²) in [7, 11) is 0. The molecule has 0 heterocycles. The summed E-state index contributed by atoms with van der Waals surface area (Å²) in [5, 5.41) is 8.68. The molecule has 100 valence electrons. The van der Waals surface area contributed by atoms with E-state index in [1.54, 1.807) is 0 Å². The van der Waals surface area contributed by atoms with Gasteiger partial charge in [0.15, 0.2) is 0 Å². The number of carboxylic acid groups (broad SMARTS) is 1. The predicted molar refractivity (Wildman–Crippen MR) is 71.8 cm³/mol. The summed E-state index contributed by atoms with van der Waals surface area (Å²) in [6.45, 7) is 2.10. The molecular formula is C15H22O3. The Kier molecular flexibility index (Phi) is 6.92. The van der Waals surface area contributed by atoms with E-state index in [1.807, 2.05) is 18.2 Å². The number of rotatable bonds is 8. The number of hydrogen-bond donors (Lipinski definition) is 1.